The zero-order valence-electron chi connectivity index (χ0n) is 17.7. The monoisotopic (exact) mass is 411 g/mol. The van der Waals surface area contributed by atoms with E-state index >= 15 is 0 Å². The van der Waals surface area contributed by atoms with Gasteiger partial charge in [-0.05, 0) is 61.2 Å². The second-order valence-electron chi connectivity index (χ2n) is 8.48. The van der Waals surface area contributed by atoms with Crippen LogP contribution in [0.5, 0.6) is 0 Å². The summed E-state index contributed by atoms with van der Waals surface area (Å²) in [4.78, 5) is 28.2. The third-order valence-electron chi connectivity index (χ3n) is 6.71. The lowest BCUT2D eigenvalue weighted by Crippen LogP contribution is -2.39. The van der Waals surface area contributed by atoms with Gasteiger partial charge >= 0.3 is 0 Å². The van der Waals surface area contributed by atoms with Gasteiger partial charge < -0.3 is 15.5 Å². The highest BCUT2D eigenvalue weighted by molar-refractivity contribution is 6.08. The van der Waals surface area contributed by atoms with Crippen LogP contribution < -0.4 is 10.6 Å². The fourth-order valence-corrected chi connectivity index (χ4v) is 4.74. The predicted molar refractivity (Wildman–Crippen MR) is 123 cm³/mol. The molecule has 0 bridgehead atoms. The molecule has 0 aromatic heterocycles. The van der Waals surface area contributed by atoms with Crippen LogP contribution in [0.25, 0.3) is 0 Å². The molecule has 2 N–H and O–H groups in total. The molecule has 5 rings (SSSR count). The number of rotatable bonds is 3. The van der Waals surface area contributed by atoms with Crippen LogP contribution in [0.4, 0.5) is 17.1 Å². The first kappa shape index (κ1) is 19.4. The molecule has 2 heterocycles. The Morgan fingerprint density at radius 1 is 0.968 bits per heavy atom. The maximum atomic E-state index is 13.5. The number of hydrogen-bond acceptors (Lipinski definition) is 3. The van der Waals surface area contributed by atoms with Crippen LogP contribution in [0.2, 0.25) is 0 Å². The number of fused-ring (bicyclic) bond motifs is 2. The van der Waals surface area contributed by atoms with Crippen molar-refractivity contribution < 1.29 is 9.59 Å². The second-order valence-corrected chi connectivity index (χ2v) is 8.48. The van der Waals surface area contributed by atoms with E-state index in [1.54, 1.807) is 0 Å². The molecular weight excluding hydrogens is 386 g/mol. The van der Waals surface area contributed by atoms with E-state index in [1.165, 1.54) is 5.56 Å². The summed E-state index contributed by atoms with van der Waals surface area (Å²) in [6.07, 6.45) is 0.633. The van der Waals surface area contributed by atoms with Crippen molar-refractivity contribution in [1.82, 2.24) is 4.90 Å². The number of carbonyl (C=O) groups excluding carboxylic acids is 2. The summed E-state index contributed by atoms with van der Waals surface area (Å²) in [7, 11) is 0. The fourth-order valence-electron chi connectivity index (χ4n) is 4.74. The normalized spacial score (nSPS) is 19.4. The molecule has 1 spiro atoms. The summed E-state index contributed by atoms with van der Waals surface area (Å²) >= 11 is 0. The summed E-state index contributed by atoms with van der Waals surface area (Å²) in [5, 5.41) is 6.44. The molecule has 31 heavy (non-hydrogen) atoms. The standard InChI is InChI=1S/C26H25N3O2/c1-17-8-7-13-21(18(17)2)27-22-11-5-3-9-19(22)24(30)29-15-14-26(16-29)20-10-4-6-12-23(20)28-25(26)31/h3-13,27H,14-16H2,1-2H3,(H,28,31). The molecule has 1 atom stereocenters. The van der Waals surface area contributed by atoms with Crippen LogP contribution in [0, 0.1) is 13.8 Å². The van der Waals surface area contributed by atoms with E-state index in [0.29, 0.717) is 25.1 Å². The van der Waals surface area contributed by atoms with E-state index in [2.05, 4.69) is 30.5 Å². The van der Waals surface area contributed by atoms with Crippen LogP contribution in [0.15, 0.2) is 66.7 Å². The average Bonchev–Trinajstić information content (AvgIpc) is 3.34. The molecule has 5 nitrogen and oxygen atoms in total. The number of para-hydroxylation sites is 2. The van der Waals surface area contributed by atoms with Crippen molar-refractivity contribution in [2.45, 2.75) is 25.7 Å². The highest BCUT2D eigenvalue weighted by Crippen LogP contribution is 2.44. The molecule has 1 unspecified atom stereocenters. The number of anilines is 3. The van der Waals surface area contributed by atoms with Gasteiger partial charge in [0.15, 0.2) is 0 Å². The number of carbonyl (C=O) groups is 2. The molecule has 0 saturated carbocycles. The van der Waals surface area contributed by atoms with Crippen molar-refractivity contribution in [3.8, 4) is 0 Å². The van der Waals surface area contributed by atoms with Gasteiger partial charge in [0.05, 0.1) is 16.7 Å². The van der Waals surface area contributed by atoms with Gasteiger partial charge in [0.25, 0.3) is 5.91 Å². The van der Waals surface area contributed by atoms with Crippen molar-refractivity contribution in [1.29, 1.82) is 0 Å². The minimum atomic E-state index is -0.651. The molecule has 3 aromatic rings. The summed E-state index contributed by atoms with van der Waals surface area (Å²) in [6.45, 7) is 5.10. The Morgan fingerprint density at radius 2 is 1.71 bits per heavy atom. The van der Waals surface area contributed by atoms with E-state index in [0.717, 1.165) is 28.2 Å². The van der Waals surface area contributed by atoms with Crippen LogP contribution in [-0.2, 0) is 10.2 Å². The van der Waals surface area contributed by atoms with Gasteiger partial charge in [-0.2, -0.15) is 0 Å². The molecule has 0 radical (unpaired) electrons. The Bertz CT molecular complexity index is 1200. The lowest BCUT2D eigenvalue weighted by Gasteiger charge is -2.23. The highest BCUT2D eigenvalue weighted by atomic mass is 16.2. The van der Waals surface area contributed by atoms with E-state index in [9.17, 15) is 9.59 Å². The molecule has 1 saturated heterocycles. The first-order valence-electron chi connectivity index (χ1n) is 10.6. The smallest absolute Gasteiger partial charge is 0.256 e. The minimum Gasteiger partial charge on any atom is -0.355 e. The van der Waals surface area contributed by atoms with Crippen molar-refractivity contribution in [3.05, 3.63) is 89.0 Å². The number of likely N-dealkylation sites (tertiary alicyclic amines) is 1. The number of benzene rings is 3. The van der Waals surface area contributed by atoms with Gasteiger partial charge in [-0.1, -0.05) is 42.5 Å². The van der Waals surface area contributed by atoms with E-state index in [4.69, 9.17) is 0 Å². The highest BCUT2D eigenvalue weighted by Gasteiger charge is 2.52. The lowest BCUT2D eigenvalue weighted by molar-refractivity contribution is -0.120. The molecule has 2 amide bonds. The molecule has 3 aromatic carbocycles. The summed E-state index contributed by atoms with van der Waals surface area (Å²) in [5.41, 5.74) is 5.94. The van der Waals surface area contributed by atoms with Gasteiger partial charge in [-0.25, -0.2) is 0 Å². The van der Waals surface area contributed by atoms with E-state index in [-0.39, 0.29) is 11.8 Å². The Hall–Kier alpha value is -3.60. The van der Waals surface area contributed by atoms with Crippen molar-refractivity contribution in [3.63, 3.8) is 0 Å². The number of nitrogens with zero attached hydrogens (tertiary/aromatic N) is 1. The largest absolute Gasteiger partial charge is 0.355 e. The van der Waals surface area contributed by atoms with Gasteiger partial charge in [0.1, 0.15) is 0 Å². The van der Waals surface area contributed by atoms with Gasteiger partial charge in [0, 0.05) is 24.5 Å². The maximum Gasteiger partial charge on any atom is 0.256 e. The van der Waals surface area contributed by atoms with Crippen molar-refractivity contribution >= 4 is 28.9 Å². The Balaban J connectivity index is 1.44. The zero-order valence-corrected chi connectivity index (χ0v) is 17.7. The topological polar surface area (TPSA) is 61.4 Å². The summed E-state index contributed by atoms with van der Waals surface area (Å²) in [6, 6.07) is 21.5. The van der Waals surface area contributed by atoms with E-state index in [1.807, 2.05) is 65.6 Å². The van der Waals surface area contributed by atoms with Crippen LogP contribution in [-0.4, -0.2) is 29.8 Å². The Labute approximate surface area is 182 Å². The quantitative estimate of drug-likeness (QED) is 0.652. The molecule has 5 heteroatoms. The fraction of sp³-hybridized carbons (Fsp3) is 0.231. The number of nitrogens with one attached hydrogen (secondary N) is 2. The van der Waals surface area contributed by atoms with Gasteiger partial charge in [0.2, 0.25) is 5.91 Å². The number of amides is 2. The number of aryl methyl sites for hydroxylation is 1. The third kappa shape index (κ3) is 3.08. The molecule has 0 aliphatic carbocycles. The Morgan fingerprint density at radius 3 is 2.58 bits per heavy atom. The zero-order chi connectivity index (χ0) is 21.6. The molecule has 156 valence electrons. The van der Waals surface area contributed by atoms with Crippen LogP contribution >= 0.6 is 0 Å². The molecule has 1 fully saturated rings. The Kier molecular flexibility index (Phi) is 4.54. The molecular formula is C26H25N3O2. The number of hydrogen-bond donors (Lipinski definition) is 2. The first-order valence-corrected chi connectivity index (χ1v) is 10.6. The first-order chi connectivity index (χ1) is 15.0. The van der Waals surface area contributed by atoms with E-state index < -0.39 is 5.41 Å². The average molecular weight is 412 g/mol. The molecule has 2 aliphatic rings. The van der Waals surface area contributed by atoms with Gasteiger partial charge in [-0.15, -0.1) is 0 Å². The second kappa shape index (κ2) is 7.27. The van der Waals surface area contributed by atoms with Crippen LogP contribution in [0.3, 0.4) is 0 Å². The van der Waals surface area contributed by atoms with Crippen molar-refractivity contribution in [2.24, 2.45) is 0 Å². The minimum absolute atomic E-state index is 0.00852. The maximum absolute atomic E-state index is 13.5. The summed E-state index contributed by atoms with van der Waals surface area (Å²) in [5.74, 6) is -0.0618. The lowest BCUT2D eigenvalue weighted by atomic mass is 9.81. The van der Waals surface area contributed by atoms with Crippen molar-refractivity contribution in [2.75, 3.05) is 23.7 Å². The SMILES string of the molecule is Cc1cccc(Nc2ccccc2C(=O)N2CCC3(C2)C(=O)Nc2ccccc23)c1C. The molecule has 2 aliphatic heterocycles. The predicted octanol–water partition coefficient (Wildman–Crippen LogP) is 4.78. The van der Waals surface area contributed by atoms with Gasteiger partial charge in [-0.3, -0.25) is 9.59 Å². The summed E-state index contributed by atoms with van der Waals surface area (Å²) < 4.78 is 0. The third-order valence-corrected chi connectivity index (χ3v) is 6.71. The van der Waals surface area contributed by atoms with Crippen LogP contribution in [0.1, 0.15) is 33.5 Å².